The van der Waals surface area contributed by atoms with E-state index in [-0.39, 0.29) is 0 Å². The van der Waals surface area contributed by atoms with Crippen LogP contribution in [0, 0.1) is 0 Å². The number of carbonyl (C=O) groups excluding carboxylic acids is 1. The van der Waals surface area contributed by atoms with Gasteiger partial charge in [-0.3, -0.25) is 0 Å². The Bertz CT molecular complexity index is 287. The van der Waals surface area contributed by atoms with E-state index in [1.54, 1.807) is 12.3 Å². The van der Waals surface area contributed by atoms with Gasteiger partial charge in [-0.15, -0.1) is 0 Å². The van der Waals surface area contributed by atoms with Crippen molar-refractivity contribution in [2.24, 2.45) is 0 Å². The molecule has 4 heteroatoms. The average Bonchev–Trinajstić information content (AvgIpc) is 2.26. The Morgan fingerprint density at radius 2 is 2.20 bits per heavy atom. The molecule has 0 saturated heterocycles. The summed E-state index contributed by atoms with van der Waals surface area (Å²) < 4.78 is 4.47. The average molecular weight is 227 g/mol. The van der Waals surface area contributed by atoms with E-state index in [0.29, 0.717) is 11.8 Å². The van der Waals surface area contributed by atoms with Gasteiger partial charge in [-0.2, -0.15) is 0 Å². The van der Waals surface area contributed by atoms with Gasteiger partial charge in [-0.25, -0.2) is 9.78 Å². The quantitative estimate of drug-likeness (QED) is 0.530. The fourth-order valence-corrected chi connectivity index (χ4v) is 1.39. The van der Waals surface area contributed by atoms with Crippen molar-refractivity contribution in [3.63, 3.8) is 0 Å². The molecule has 0 bridgehead atoms. The minimum absolute atomic E-state index is 0.461. The van der Waals surface area contributed by atoms with E-state index in [9.17, 15) is 4.79 Å². The zero-order valence-electron chi connectivity index (χ0n) is 8.41. The maximum atomic E-state index is 9.72. The number of rotatable bonds is 7. The molecule has 0 unspecified atom stereocenters. The van der Waals surface area contributed by atoms with Crippen molar-refractivity contribution in [1.82, 2.24) is 4.98 Å². The van der Waals surface area contributed by atoms with E-state index < -0.39 is 0 Å². The Balaban J connectivity index is 2.09. The molecule has 15 heavy (non-hydrogen) atoms. The van der Waals surface area contributed by atoms with Gasteiger partial charge >= 0.3 is 6.47 Å². The van der Waals surface area contributed by atoms with Gasteiger partial charge in [0.15, 0.2) is 0 Å². The van der Waals surface area contributed by atoms with E-state index in [1.165, 1.54) is 12.0 Å². The summed E-state index contributed by atoms with van der Waals surface area (Å²) in [5, 5.41) is 0.522. The number of aryl methyl sites for hydroxylation is 1. The van der Waals surface area contributed by atoms with Gasteiger partial charge < -0.3 is 4.74 Å². The van der Waals surface area contributed by atoms with E-state index in [4.69, 9.17) is 11.6 Å². The highest BCUT2D eigenvalue weighted by Crippen LogP contribution is 2.09. The second-order valence-electron chi connectivity index (χ2n) is 3.23. The van der Waals surface area contributed by atoms with Crippen LogP contribution in [0.1, 0.15) is 24.8 Å². The van der Waals surface area contributed by atoms with E-state index in [0.717, 1.165) is 25.7 Å². The molecule has 0 fully saturated rings. The van der Waals surface area contributed by atoms with Crippen molar-refractivity contribution in [3.05, 3.63) is 29.0 Å². The van der Waals surface area contributed by atoms with Crippen LogP contribution in [0.25, 0.3) is 0 Å². The van der Waals surface area contributed by atoms with Gasteiger partial charge in [0.2, 0.25) is 0 Å². The lowest BCUT2D eigenvalue weighted by Gasteiger charge is -2.01. The number of halogens is 1. The van der Waals surface area contributed by atoms with Gasteiger partial charge in [0.05, 0.1) is 6.61 Å². The predicted molar refractivity (Wildman–Crippen MR) is 58.4 cm³/mol. The molecule has 0 atom stereocenters. The van der Waals surface area contributed by atoms with Crippen LogP contribution >= 0.6 is 11.6 Å². The molecule has 1 radical (unpaired) electrons. The molecule has 3 nitrogen and oxygen atoms in total. The summed E-state index contributed by atoms with van der Waals surface area (Å²) in [6, 6.07) is 3.77. The zero-order chi connectivity index (χ0) is 10.9. The van der Waals surface area contributed by atoms with E-state index in [1.807, 2.05) is 6.07 Å². The standard InChI is InChI=1S/C11H13ClNO2/c12-11-6-5-10(8-13-11)4-2-1-3-7-15-9-14/h5-6,8H,1-4,7H2. The monoisotopic (exact) mass is 226 g/mol. The van der Waals surface area contributed by atoms with Crippen LogP contribution in [0.3, 0.4) is 0 Å². The second-order valence-corrected chi connectivity index (χ2v) is 3.62. The summed E-state index contributed by atoms with van der Waals surface area (Å²) in [7, 11) is 0. The molecular formula is C11H13ClNO2. The summed E-state index contributed by atoms with van der Waals surface area (Å²) in [6.07, 6.45) is 5.75. The third-order valence-electron chi connectivity index (χ3n) is 2.06. The highest BCUT2D eigenvalue weighted by Gasteiger charge is 1.95. The molecule has 1 heterocycles. The number of nitrogens with zero attached hydrogens (tertiary/aromatic N) is 1. The van der Waals surface area contributed by atoms with Crippen LogP contribution in [-0.2, 0) is 16.0 Å². The van der Waals surface area contributed by atoms with Crippen molar-refractivity contribution in [2.75, 3.05) is 6.61 Å². The lowest BCUT2D eigenvalue weighted by Crippen LogP contribution is -1.93. The van der Waals surface area contributed by atoms with E-state index in [2.05, 4.69) is 9.72 Å². The molecule has 0 aliphatic heterocycles. The molecule has 0 aliphatic carbocycles. The molecule has 0 amide bonds. The van der Waals surface area contributed by atoms with Crippen LogP contribution in [0.2, 0.25) is 5.15 Å². The molecule has 81 valence electrons. The topological polar surface area (TPSA) is 39.2 Å². The molecule has 1 aromatic rings. The van der Waals surface area contributed by atoms with E-state index >= 15 is 0 Å². The molecular weight excluding hydrogens is 214 g/mol. The number of ether oxygens (including phenoxy) is 1. The predicted octanol–water partition coefficient (Wildman–Crippen LogP) is 2.53. The fraction of sp³-hybridized carbons (Fsp3) is 0.455. The number of hydrogen-bond acceptors (Lipinski definition) is 3. The third-order valence-corrected chi connectivity index (χ3v) is 2.28. The normalized spacial score (nSPS) is 9.93. The van der Waals surface area contributed by atoms with Crippen LogP contribution in [0.5, 0.6) is 0 Å². The van der Waals surface area contributed by atoms with Crippen molar-refractivity contribution < 1.29 is 9.53 Å². The Morgan fingerprint density at radius 1 is 1.33 bits per heavy atom. The lowest BCUT2D eigenvalue weighted by atomic mass is 10.1. The second kappa shape index (κ2) is 7.23. The maximum absolute atomic E-state index is 9.72. The fourth-order valence-electron chi connectivity index (χ4n) is 1.28. The van der Waals surface area contributed by atoms with Gasteiger partial charge in [0.1, 0.15) is 5.15 Å². The van der Waals surface area contributed by atoms with Gasteiger partial charge in [0.25, 0.3) is 0 Å². The molecule has 1 rings (SSSR count). The largest absolute Gasteiger partial charge is 0.457 e. The summed E-state index contributed by atoms with van der Waals surface area (Å²) in [6.45, 7) is 1.87. The highest BCUT2D eigenvalue weighted by atomic mass is 35.5. The Morgan fingerprint density at radius 3 is 2.87 bits per heavy atom. The summed E-state index contributed by atoms with van der Waals surface area (Å²) in [5.41, 5.74) is 1.18. The summed E-state index contributed by atoms with van der Waals surface area (Å²) in [4.78, 5) is 13.7. The Labute approximate surface area is 94.4 Å². The number of hydrogen-bond donors (Lipinski definition) is 0. The van der Waals surface area contributed by atoms with Crippen molar-refractivity contribution in [3.8, 4) is 0 Å². The summed E-state index contributed by atoms with van der Waals surface area (Å²) in [5.74, 6) is 0. The smallest absolute Gasteiger partial charge is 0.417 e. The number of pyridine rings is 1. The number of aromatic nitrogens is 1. The first-order chi connectivity index (χ1) is 7.33. The zero-order valence-corrected chi connectivity index (χ0v) is 9.17. The van der Waals surface area contributed by atoms with Crippen LogP contribution < -0.4 is 0 Å². The molecule has 0 N–H and O–H groups in total. The van der Waals surface area contributed by atoms with Crippen molar-refractivity contribution in [2.45, 2.75) is 25.7 Å². The third kappa shape index (κ3) is 5.37. The molecule has 0 spiro atoms. The first kappa shape index (κ1) is 12.0. The van der Waals surface area contributed by atoms with Crippen LogP contribution in [0.15, 0.2) is 18.3 Å². The molecule has 0 saturated carbocycles. The SMILES string of the molecule is O=[C]OCCCCCc1ccc(Cl)nc1. The van der Waals surface area contributed by atoms with Crippen LogP contribution in [-0.4, -0.2) is 18.1 Å². The maximum Gasteiger partial charge on any atom is 0.417 e. The van der Waals surface area contributed by atoms with Crippen molar-refractivity contribution in [1.29, 1.82) is 0 Å². The molecule has 0 aliphatic rings. The molecule has 1 aromatic heterocycles. The van der Waals surface area contributed by atoms with Gasteiger partial charge in [-0.1, -0.05) is 17.7 Å². The first-order valence-electron chi connectivity index (χ1n) is 4.92. The van der Waals surface area contributed by atoms with Crippen LogP contribution in [0.4, 0.5) is 0 Å². The summed E-state index contributed by atoms with van der Waals surface area (Å²) >= 11 is 5.67. The highest BCUT2D eigenvalue weighted by molar-refractivity contribution is 6.29. The first-order valence-corrected chi connectivity index (χ1v) is 5.30. The van der Waals surface area contributed by atoms with Crippen molar-refractivity contribution >= 4 is 18.1 Å². The number of unbranched alkanes of at least 4 members (excludes halogenated alkanes) is 2. The minimum Gasteiger partial charge on any atom is -0.457 e. The Hall–Kier alpha value is -1.09. The molecule has 0 aromatic carbocycles. The minimum atomic E-state index is 0.461. The Kier molecular flexibility index (Phi) is 5.78. The van der Waals surface area contributed by atoms with Gasteiger partial charge in [-0.05, 0) is 37.3 Å². The lowest BCUT2D eigenvalue weighted by molar-refractivity contribution is 0.269. The van der Waals surface area contributed by atoms with Gasteiger partial charge in [0, 0.05) is 6.20 Å².